The van der Waals surface area contributed by atoms with E-state index in [9.17, 15) is 4.79 Å². The summed E-state index contributed by atoms with van der Waals surface area (Å²) in [5, 5.41) is 4.05. The molecule has 104 valence electrons. The number of carbonyl (C=O) groups is 1. The van der Waals surface area contributed by atoms with Gasteiger partial charge in [-0.3, -0.25) is 4.79 Å². The Balaban J connectivity index is 1.68. The highest BCUT2D eigenvalue weighted by atomic mass is 32.1. The molecule has 1 aromatic heterocycles. The van der Waals surface area contributed by atoms with Crippen LogP contribution >= 0.6 is 11.3 Å². The summed E-state index contributed by atoms with van der Waals surface area (Å²) in [5.74, 6) is 0.549. The quantitative estimate of drug-likeness (QED) is 0.840. The summed E-state index contributed by atoms with van der Waals surface area (Å²) in [6.45, 7) is 4.79. The minimum atomic E-state index is 0.143. The molecule has 0 N–H and O–H groups in total. The summed E-state index contributed by atoms with van der Waals surface area (Å²) in [6, 6.07) is 2.23. The molecule has 3 heterocycles. The molecule has 0 aliphatic carbocycles. The normalized spacial score (nSPS) is 29.7. The highest BCUT2D eigenvalue weighted by molar-refractivity contribution is 7.07. The smallest absolute Gasteiger partial charge is 0.227 e. The molecule has 1 amide bonds. The van der Waals surface area contributed by atoms with Crippen LogP contribution in [0.15, 0.2) is 16.8 Å². The predicted molar refractivity (Wildman–Crippen MR) is 73.2 cm³/mol. The molecule has 0 radical (unpaired) electrons. The van der Waals surface area contributed by atoms with Gasteiger partial charge in [-0.2, -0.15) is 11.3 Å². The Morgan fingerprint density at radius 1 is 1.58 bits per heavy atom. The van der Waals surface area contributed by atoms with Gasteiger partial charge >= 0.3 is 0 Å². The van der Waals surface area contributed by atoms with Crippen molar-refractivity contribution in [1.29, 1.82) is 0 Å². The Morgan fingerprint density at radius 2 is 2.47 bits per heavy atom. The Morgan fingerprint density at radius 3 is 3.21 bits per heavy atom. The lowest BCUT2D eigenvalue weighted by molar-refractivity contribution is -0.132. The summed E-state index contributed by atoms with van der Waals surface area (Å²) < 4.78 is 11.3. The zero-order valence-corrected chi connectivity index (χ0v) is 11.9. The highest BCUT2D eigenvalue weighted by Crippen LogP contribution is 2.32. The van der Waals surface area contributed by atoms with Crippen molar-refractivity contribution >= 4 is 17.2 Å². The average molecular weight is 281 g/mol. The van der Waals surface area contributed by atoms with Crippen molar-refractivity contribution in [3.8, 4) is 0 Å². The van der Waals surface area contributed by atoms with E-state index in [1.165, 1.54) is 0 Å². The molecule has 0 saturated carbocycles. The number of nitrogens with zero attached hydrogens (tertiary/aromatic N) is 1. The van der Waals surface area contributed by atoms with Gasteiger partial charge in [0.15, 0.2) is 0 Å². The summed E-state index contributed by atoms with van der Waals surface area (Å²) >= 11 is 1.63. The molecule has 0 unspecified atom stereocenters. The van der Waals surface area contributed by atoms with Crippen molar-refractivity contribution in [3.63, 3.8) is 0 Å². The Kier molecular flexibility index (Phi) is 3.86. The Hall–Kier alpha value is -0.910. The number of ether oxygens (including phenoxy) is 2. The third-order valence-electron chi connectivity index (χ3n) is 3.98. The molecular weight excluding hydrogens is 262 g/mol. The second kappa shape index (κ2) is 5.61. The molecule has 5 heteroatoms. The van der Waals surface area contributed by atoms with Gasteiger partial charge in [-0.1, -0.05) is 0 Å². The van der Waals surface area contributed by atoms with Gasteiger partial charge in [-0.15, -0.1) is 0 Å². The number of hydrogen-bond donors (Lipinski definition) is 0. The standard InChI is InChI=1S/C14H19NO3S/c1-2-18-13-6-15(12-8-17-7-11(12)13)14(16)5-10-3-4-19-9-10/h3-4,9,11-13H,2,5-8H2,1H3/t11-,12+,13-/m0/s1. The first-order chi connectivity index (χ1) is 9.29. The third kappa shape index (κ3) is 2.55. The minimum absolute atomic E-state index is 0.143. The monoisotopic (exact) mass is 281 g/mol. The summed E-state index contributed by atoms with van der Waals surface area (Å²) in [5.41, 5.74) is 1.10. The maximum absolute atomic E-state index is 12.4. The van der Waals surface area contributed by atoms with Gasteiger partial charge in [0.25, 0.3) is 0 Å². The van der Waals surface area contributed by atoms with Gasteiger partial charge in [0.1, 0.15) is 0 Å². The van der Waals surface area contributed by atoms with Crippen LogP contribution in [-0.4, -0.2) is 49.3 Å². The van der Waals surface area contributed by atoms with E-state index in [1.54, 1.807) is 11.3 Å². The maximum Gasteiger partial charge on any atom is 0.227 e. The van der Waals surface area contributed by atoms with Gasteiger partial charge in [0.2, 0.25) is 5.91 Å². The van der Waals surface area contributed by atoms with E-state index >= 15 is 0 Å². The first kappa shape index (κ1) is 13.1. The van der Waals surface area contributed by atoms with E-state index in [1.807, 2.05) is 28.7 Å². The fourth-order valence-electron chi connectivity index (χ4n) is 3.05. The molecule has 2 aliphatic heterocycles. The average Bonchev–Trinajstić information content (AvgIpc) is 3.07. The van der Waals surface area contributed by atoms with E-state index in [0.29, 0.717) is 25.6 Å². The zero-order valence-electron chi connectivity index (χ0n) is 11.1. The van der Waals surface area contributed by atoms with E-state index in [0.717, 1.165) is 18.7 Å². The lowest BCUT2D eigenvalue weighted by Crippen LogP contribution is -2.39. The number of amides is 1. The highest BCUT2D eigenvalue weighted by Gasteiger charge is 2.47. The first-order valence-corrected chi connectivity index (χ1v) is 7.73. The summed E-state index contributed by atoms with van der Waals surface area (Å²) in [6.07, 6.45) is 0.634. The molecule has 2 saturated heterocycles. The molecule has 2 fully saturated rings. The van der Waals surface area contributed by atoms with Crippen molar-refractivity contribution in [2.75, 3.05) is 26.4 Å². The van der Waals surface area contributed by atoms with Crippen molar-refractivity contribution in [1.82, 2.24) is 4.90 Å². The van der Waals surface area contributed by atoms with Crippen LogP contribution in [0.4, 0.5) is 0 Å². The van der Waals surface area contributed by atoms with Crippen molar-refractivity contribution in [3.05, 3.63) is 22.4 Å². The van der Waals surface area contributed by atoms with Crippen LogP contribution in [0.2, 0.25) is 0 Å². The second-order valence-corrected chi connectivity index (χ2v) is 5.90. The van der Waals surface area contributed by atoms with Gasteiger partial charge < -0.3 is 14.4 Å². The number of hydrogen-bond acceptors (Lipinski definition) is 4. The van der Waals surface area contributed by atoms with Crippen molar-refractivity contribution < 1.29 is 14.3 Å². The number of carbonyl (C=O) groups excluding carboxylic acids is 1. The van der Waals surface area contributed by atoms with Crippen molar-refractivity contribution in [2.24, 2.45) is 5.92 Å². The second-order valence-electron chi connectivity index (χ2n) is 5.12. The summed E-state index contributed by atoms with van der Waals surface area (Å²) in [4.78, 5) is 14.4. The van der Waals surface area contributed by atoms with E-state index < -0.39 is 0 Å². The maximum atomic E-state index is 12.4. The molecule has 1 aromatic rings. The number of rotatable bonds is 4. The largest absolute Gasteiger partial charge is 0.379 e. The van der Waals surface area contributed by atoms with E-state index in [2.05, 4.69) is 0 Å². The molecular formula is C14H19NO3S. The Labute approximate surface area is 117 Å². The SMILES string of the molecule is CCO[C@H]1CN(C(=O)Cc2ccsc2)[C@@H]2COC[C@H]12. The van der Waals surface area contributed by atoms with E-state index in [-0.39, 0.29) is 18.1 Å². The van der Waals surface area contributed by atoms with Crippen LogP contribution in [0.5, 0.6) is 0 Å². The lowest BCUT2D eigenvalue weighted by Gasteiger charge is -2.22. The lowest BCUT2D eigenvalue weighted by atomic mass is 10.0. The van der Waals surface area contributed by atoms with Crippen LogP contribution in [0.25, 0.3) is 0 Å². The number of fused-ring (bicyclic) bond motifs is 1. The molecule has 19 heavy (non-hydrogen) atoms. The van der Waals surface area contributed by atoms with Crippen molar-refractivity contribution in [2.45, 2.75) is 25.5 Å². The zero-order chi connectivity index (χ0) is 13.2. The molecule has 0 aromatic carbocycles. The number of likely N-dealkylation sites (tertiary alicyclic amines) is 1. The third-order valence-corrected chi connectivity index (χ3v) is 4.72. The minimum Gasteiger partial charge on any atom is -0.379 e. The van der Waals surface area contributed by atoms with Crippen LogP contribution in [0, 0.1) is 5.92 Å². The molecule has 2 aliphatic rings. The molecule has 0 bridgehead atoms. The fourth-order valence-corrected chi connectivity index (χ4v) is 3.72. The van der Waals surface area contributed by atoms with Gasteiger partial charge in [-0.25, -0.2) is 0 Å². The summed E-state index contributed by atoms with van der Waals surface area (Å²) in [7, 11) is 0. The first-order valence-electron chi connectivity index (χ1n) is 6.79. The Bertz CT molecular complexity index is 434. The predicted octanol–water partition coefficient (Wildman–Crippen LogP) is 1.55. The van der Waals surface area contributed by atoms with E-state index in [4.69, 9.17) is 9.47 Å². The van der Waals surface area contributed by atoms with Crippen LogP contribution in [-0.2, 0) is 20.7 Å². The van der Waals surface area contributed by atoms with Crippen LogP contribution < -0.4 is 0 Å². The molecule has 4 nitrogen and oxygen atoms in total. The van der Waals surface area contributed by atoms with Gasteiger partial charge in [-0.05, 0) is 29.3 Å². The topological polar surface area (TPSA) is 38.8 Å². The van der Waals surface area contributed by atoms with Crippen LogP contribution in [0.3, 0.4) is 0 Å². The fraction of sp³-hybridized carbons (Fsp3) is 0.643. The van der Waals surface area contributed by atoms with Gasteiger partial charge in [0, 0.05) is 19.1 Å². The molecule has 3 atom stereocenters. The molecule has 3 rings (SSSR count). The van der Waals surface area contributed by atoms with Crippen LogP contribution in [0.1, 0.15) is 12.5 Å². The van der Waals surface area contributed by atoms with Gasteiger partial charge in [0.05, 0.1) is 31.8 Å². The molecule has 0 spiro atoms. The number of thiophene rings is 1.